The summed E-state index contributed by atoms with van der Waals surface area (Å²) in [4.78, 5) is 195. The summed E-state index contributed by atoms with van der Waals surface area (Å²) in [6.07, 6.45) is 0.479. The lowest BCUT2D eigenvalue weighted by Crippen LogP contribution is -2.60. The Balaban J connectivity index is 4.24. The topological polar surface area (TPSA) is 793 Å². The van der Waals surface area contributed by atoms with E-state index in [0.717, 1.165) is 4.90 Å². The number of hydrogen-bond donors (Lipinski definition) is 26. The van der Waals surface area contributed by atoms with E-state index in [1.807, 2.05) is 0 Å². The van der Waals surface area contributed by atoms with Crippen LogP contribution in [0.25, 0.3) is 0 Å². The number of nitrogens with one attached hydrogen (secondary N) is 10. The van der Waals surface area contributed by atoms with E-state index in [0.29, 0.717) is 19.3 Å². The summed E-state index contributed by atoms with van der Waals surface area (Å²) >= 11 is 4.10. The molecule has 45 heteroatoms. The highest BCUT2D eigenvalue weighted by Gasteiger charge is 2.36. The number of nitrogens with two attached hydrogens (primary N) is 15. The Morgan fingerprint density at radius 3 is 1.08 bits per heavy atom. The van der Waals surface area contributed by atoms with Crippen molar-refractivity contribution in [1.82, 2.24) is 58.1 Å². The molecule has 0 aromatic heterocycles. The molecule has 1 saturated heterocycles. The number of amides is 12. The number of primary amides is 1. The van der Waals surface area contributed by atoms with Crippen molar-refractivity contribution in [1.29, 1.82) is 0 Å². The largest absolute Gasteiger partial charge is 0.370 e. The molecule has 0 aliphatic carbocycles. The SMILES string of the molecule is NCCCC[C@@H]1NC(=O)[C@H](CCCN=C(N)N)NC(=O)CCC(=O)NCCCCN(CC(=O)N[C@@H](CCCN=C(N)N)C(=O)N[C@@H](CCCN=C(N)N)C(=O)N[C@@H](CCCN=C(N)N)C(=O)N[C@@H](CS)C(N)=O)C(=O)[C@H](CCCN=C(N)N)NC(=O)[C@H](CCCN=C(N)N)NC(=O)[C@H](CCCCN)NC1=O. The molecule has 40 N–H and O–H groups in total. The third kappa shape index (κ3) is 43.0. The van der Waals surface area contributed by atoms with Crippen molar-refractivity contribution in [2.45, 2.75) is 196 Å². The Kier molecular flexibility index (Phi) is 47.8. The number of aliphatic imine (C=N–C) groups is 6. The Morgan fingerprint density at radius 1 is 0.406 bits per heavy atom. The minimum absolute atomic E-state index is 0.0177. The first kappa shape index (κ1) is 93.5. The second-order valence-corrected chi connectivity index (χ2v) is 25.2. The summed E-state index contributed by atoms with van der Waals surface area (Å²) in [5.41, 5.74) is 84.2. The van der Waals surface area contributed by atoms with Gasteiger partial charge in [0, 0.05) is 71.0 Å². The highest BCUT2D eigenvalue weighted by atomic mass is 32.1. The number of unbranched alkanes of at least 4 members (excludes halogenated alkanes) is 2. The summed E-state index contributed by atoms with van der Waals surface area (Å²) in [5, 5.41) is 26.6. The van der Waals surface area contributed by atoms with Crippen molar-refractivity contribution in [3.8, 4) is 0 Å². The van der Waals surface area contributed by atoms with Gasteiger partial charge in [0.2, 0.25) is 70.9 Å². The molecular formula is C61H118N32O12S. The van der Waals surface area contributed by atoms with Gasteiger partial charge in [0.25, 0.3) is 0 Å². The standard InChI is InChI=1S/C61H118N32O12S/c62-23-3-1-13-37-50(100)87-38(14-2-4-24-63)51(101)89-40(18-10-29-81-59(71)72)53(103)91-42(20-12-31-83-61(75)76)55(105)93(32-6-5-25-77-44(94)21-22-45(95)84-35(48(98)86-37)15-7-26-78-56(65)66)33-46(96)85-36(16-8-27-79-57(67)68)49(99)88-39(17-9-28-80-58(69)70)52(102)90-41(19-11-30-82-60(73)74)54(104)92-43(34-106)47(64)97/h35-43,106H,1-34,62-63H2,(H2,64,97)(H,77,94)(H,84,95)(H,85,96)(H,86,98)(H,87,100)(H,88,99)(H,89,101)(H,90,102)(H,91,103)(H,92,104)(H4,65,66,78)(H4,67,68,79)(H4,69,70,80)(H4,71,72,81)(H4,73,74,82)(H4,75,76,83)/t35-,36-,37-,38-,39-,40-,41-,42-,43-/m0/s1. The Morgan fingerprint density at radius 2 is 0.726 bits per heavy atom. The number of rotatable bonds is 43. The van der Waals surface area contributed by atoms with Crippen LogP contribution in [0.15, 0.2) is 30.0 Å². The first-order chi connectivity index (χ1) is 50.3. The van der Waals surface area contributed by atoms with Crippen molar-refractivity contribution in [2.24, 2.45) is 116 Å². The Labute approximate surface area is 621 Å². The molecule has 106 heavy (non-hydrogen) atoms. The minimum Gasteiger partial charge on any atom is -0.370 e. The summed E-state index contributed by atoms with van der Waals surface area (Å²) in [7, 11) is 0. The van der Waals surface area contributed by atoms with Crippen LogP contribution in [0.4, 0.5) is 0 Å². The molecule has 0 spiro atoms. The molecule has 0 bridgehead atoms. The third-order valence-corrected chi connectivity index (χ3v) is 16.3. The van der Waals surface area contributed by atoms with Crippen LogP contribution in [0, 0.1) is 0 Å². The molecule has 0 aromatic rings. The van der Waals surface area contributed by atoms with Crippen molar-refractivity contribution >= 4 is 119 Å². The lowest BCUT2D eigenvalue weighted by Gasteiger charge is -2.30. The molecule has 12 amide bonds. The monoisotopic (exact) mass is 1520 g/mol. The van der Waals surface area contributed by atoms with Gasteiger partial charge < -0.3 is 144 Å². The maximum atomic E-state index is 15.4. The molecule has 1 fully saturated rings. The molecule has 44 nitrogen and oxygen atoms in total. The molecular weight excluding hydrogens is 1400 g/mol. The molecule has 1 aliphatic heterocycles. The molecule has 600 valence electrons. The first-order valence-corrected chi connectivity index (χ1v) is 35.8. The van der Waals surface area contributed by atoms with E-state index in [1.165, 1.54) is 0 Å². The second kappa shape index (κ2) is 54.2. The quantitative estimate of drug-likeness (QED) is 0.0117. The van der Waals surface area contributed by atoms with E-state index < -0.39 is 138 Å². The molecule has 1 heterocycles. The van der Waals surface area contributed by atoms with Gasteiger partial charge in [-0.3, -0.25) is 87.5 Å². The molecule has 0 radical (unpaired) electrons. The molecule has 0 saturated carbocycles. The number of hydrogen-bond acceptors (Lipinski definition) is 21. The van der Waals surface area contributed by atoms with Gasteiger partial charge in [0.1, 0.15) is 54.4 Å². The van der Waals surface area contributed by atoms with E-state index in [4.69, 9.17) is 86.0 Å². The normalized spacial score (nSPS) is 18.5. The number of carbonyl (C=O) groups excluding carboxylic acids is 12. The van der Waals surface area contributed by atoms with E-state index >= 15 is 4.79 Å². The Bertz CT molecular complexity index is 2990. The predicted octanol–water partition coefficient (Wildman–Crippen LogP) is -11.1. The number of nitrogens with zero attached hydrogens (tertiary/aromatic N) is 7. The third-order valence-electron chi connectivity index (χ3n) is 15.9. The fraction of sp³-hybridized carbons (Fsp3) is 0.705. The Hall–Kier alpha value is -10.5. The van der Waals surface area contributed by atoms with Gasteiger partial charge in [-0.15, -0.1) is 0 Å². The van der Waals surface area contributed by atoms with E-state index in [1.54, 1.807) is 0 Å². The summed E-state index contributed by atoms with van der Waals surface area (Å²) in [6.45, 7) is -0.808. The van der Waals surface area contributed by atoms with Crippen LogP contribution < -0.4 is 139 Å². The molecule has 1 aliphatic rings. The number of thiol groups is 1. The zero-order valence-corrected chi connectivity index (χ0v) is 61.3. The average molecular weight is 1520 g/mol. The van der Waals surface area contributed by atoms with Crippen LogP contribution in [-0.4, -0.2) is 244 Å². The van der Waals surface area contributed by atoms with Gasteiger partial charge in [-0.05, 0) is 142 Å². The van der Waals surface area contributed by atoms with Crippen molar-refractivity contribution in [3.05, 3.63) is 0 Å². The molecule has 0 unspecified atom stereocenters. The first-order valence-electron chi connectivity index (χ1n) is 35.2. The van der Waals surface area contributed by atoms with Crippen LogP contribution >= 0.6 is 12.6 Å². The van der Waals surface area contributed by atoms with E-state index in [2.05, 4.69) is 95.8 Å². The molecule has 9 atom stereocenters. The molecule has 1 rings (SSSR count). The van der Waals surface area contributed by atoms with Gasteiger partial charge in [0.15, 0.2) is 35.8 Å². The van der Waals surface area contributed by atoms with Gasteiger partial charge >= 0.3 is 0 Å². The van der Waals surface area contributed by atoms with Crippen molar-refractivity contribution < 1.29 is 57.5 Å². The summed E-state index contributed by atoms with van der Waals surface area (Å²) in [5.74, 6) is -12.0. The minimum atomic E-state index is -1.53. The maximum Gasteiger partial charge on any atom is 0.245 e. The van der Waals surface area contributed by atoms with Gasteiger partial charge in [0.05, 0.1) is 6.54 Å². The van der Waals surface area contributed by atoms with Crippen LogP contribution in [-0.2, 0) is 57.5 Å². The predicted molar refractivity (Wildman–Crippen MR) is 404 cm³/mol. The number of carbonyl (C=O) groups is 12. The fourth-order valence-electron chi connectivity index (χ4n) is 10.4. The van der Waals surface area contributed by atoms with Crippen molar-refractivity contribution in [2.75, 3.05) is 77.7 Å². The van der Waals surface area contributed by atoms with Crippen molar-refractivity contribution in [3.63, 3.8) is 0 Å². The second-order valence-electron chi connectivity index (χ2n) is 24.8. The molecule has 0 aromatic carbocycles. The van der Waals surface area contributed by atoms with Crippen LogP contribution in [0.3, 0.4) is 0 Å². The lowest BCUT2D eigenvalue weighted by molar-refractivity contribution is -0.141. The van der Waals surface area contributed by atoms with E-state index in [9.17, 15) is 52.7 Å². The zero-order chi connectivity index (χ0) is 79.5. The highest BCUT2D eigenvalue weighted by Crippen LogP contribution is 2.14. The van der Waals surface area contributed by atoms with Crippen LogP contribution in [0.2, 0.25) is 0 Å². The van der Waals surface area contributed by atoms with E-state index in [-0.39, 0.29) is 223 Å². The van der Waals surface area contributed by atoms with Crippen LogP contribution in [0.1, 0.15) is 141 Å². The highest BCUT2D eigenvalue weighted by molar-refractivity contribution is 7.80. The summed E-state index contributed by atoms with van der Waals surface area (Å²) < 4.78 is 0. The van der Waals surface area contributed by atoms with Gasteiger partial charge in [-0.25, -0.2) is 0 Å². The maximum absolute atomic E-state index is 15.4. The fourth-order valence-corrected chi connectivity index (χ4v) is 10.7. The smallest absolute Gasteiger partial charge is 0.245 e. The average Bonchev–Trinajstić information content (AvgIpc) is 0.868. The number of guanidine groups is 6. The van der Waals surface area contributed by atoms with Crippen LogP contribution in [0.5, 0.6) is 0 Å². The zero-order valence-electron chi connectivity index (χ0n) is 60.4. The lowest BCUT2D eigenvalue weighted by atomic mass is 10.0. The van der Waals surface area contributed by atoms with Gasteiger partial charge in [-0.1, -0.05) is 0 Å². The van der Waals surface area contributed by atoms with Gasteiger partial charge in [-0.2, -0.15) is 12.6 Å². The summed E-state index contributed by atoms with van der Waals surface area (Å²) in [6, 6.07) is -12.7.